The first-order valence-electron chi connectivity index (χ1n) is 11.7. The molecule has 32 heavy (non-hydrogen) atoms. The van der Waals surface area contributed by atoms with E-state index in [4.69, 9.17) is 9.47 Å². The maximum Gasteiger partial charge on any atom is 0.119 e. The van der Waals surface area contributed by atoms with Crippen LogP contribution in [0.4, 0.5) is 0 Å². The molecule has 1 atom stereocenters. The number of aryl methyl sites for hydroxylation is 1. The van der Waals surface area contributed by atoms with Crippen LogP contribution in [0.25, 0.3) is 0 Å². The molecule has 0 spiro atoms. The lowest BCUT2D eigenvalue weighted by Gasteiger charge is -2.20. The molecule has 1 N–H and O–H groups in total. The van der Waals surface area contributed by atoms with Gasteiger partial charge in [0, 0.05) is 12.5 Å². The molecule has 3 heteroatoms. The van der Waals surface area contributed by atoms with Crippen LogP contribution >= 0.6 is 0 Å². The van der Waals surface area contributed by atoms with Crippen LogP contribution in [0.1, 0.15) is 62.3 Å². The molecule has 0 heterocycles. The Hall–Kier alpha value is -2.78. The lowest BCUT2D eigenvalue weighted by molar-refractivity contribution is 0.242. The number of ether oxygens (including phenoxy) is 2. The molecule has 0 bridgehead atoms. The summed E-state index contributed by atoms with van der Waals surface area (Å²) >= 11 is 0. The van der Waals surface area contributed by atoms with Gasteiger partial charge in [0.15, 0.2) is 0 Å². The van der Waals surface area contributed by atoms with Gasteiger partial charge >= 0.3 is 0 Å². The van der Waals surface area contributed by atoms with Gasteiger partial charge in [0.2, 0.25) is 0 Å². The van der Waals surface area contributed by atoms with Crippen LogP contribution in [0.5, 0.6) is 11.5 Å². The first kappa shape index (κ1) is 23.9. The average molecular weight is 432 g/mol. The molecule has 0 saturated carbocycles. The molecule has 3 aromatic rings. The molecule has 170 valence electrons. The summed E-state index contributed by atoms with van der Waals surface area (Å²) in [6.45, 7) is 12.1. The zero-order chi connectivity index (χ0) is 22.9. The number of hydrogen-bond acceptors (Lipinski definition) is 3. The highest BCUT2D eigenvalue weighted by atomic mass is 16.5. The average Bonchev–Trinajstić information content (AvgIpc) is 2.76. The smallest absolute Gasteiger partial charge is 0.119 e. The van der Waals surface area contributed by atoms with Gasteiger partial charge in [-0.3, -0.25) is 0 Å². The van der Waals surface area contributed by atoms with E-state index in [9.17, 15) is 0 Å². The van der Waals surface area contributed by atoms with Crippen molar-refractivity contribution in [1.29, 1.82) is 0 Å². The Bertz CT molecular complexity index is 928. The maximum atomic E-state index is 5.83. The van der Waals surface area contributed by atoms with Crippen LogP contribution in [0, 0.1) is 6.92 Å². The third kappa shape index (κ3) is 7.42. The maximum absolute atomic E-state index is 5.83. The Morgan fingerprint density at radius 1 is 0.656 bits per heavy atom. The Kier molecular flexibility index (Phi) is 8.75. The second-order valence-electron chi connectivity index (χ2n) is 8.97. The normalized spacial score (nSPS) is 12.2. The summed E-state index contributed by atoms with van der Waals surface area (Å²) in [5.74, 6) is 2.19. The van der Waals surface area contributed by atoms with Crippen LogP contribution in [0.15, 0.2) is 72.8 Å². The molecule has 0 aliphatic rings. The first-order chi connectivity index (χ1) is 15.4. The zero-order valence-corrected chi connectivity index (χ0v) is 20.1. The van der Waals surface area contributed by atoms with Crippen LogP contribution < -0.4 is 14.8 Å². The predicted octanol–water partition coefficient (Wildman–Crippen LogP) is 6.88. The third-order valence-electron chi connectivity index (χ3n) is 5.37. The predicted molar refractivity (Wildman–Crippen MR) is 134 cm³/mol. The molecule has 0 aliphatic heterocycles. The Morgan fingerprint density at radius 2 is 1.12 bits per heavy atom. The minimum Gasteiger partial charge on any atom is -0.491 e. The Labute approximate surface area is 193 Å². The lowest BCUT2D eigenvalue weighted by Crippen LogP contribution is -2.18. The van der Waals surface area contributed by atoms with E-state index in [1.165, 1.54) is 22.3 Å². The Balaban J connectivity index is 1.62. The minimum atomic E-state index is 0.184. The van der Waals surface area contributed by atoms with Gasteiger partial charge in [-0.1, -0.05) is 54.1 Å². The van der Waals surface area contributed by atoms with Crippen molar-refractivity contribution in [3.63, 3.8) is 0 Å². The zero-order valence-electron chi connectivity index (χ0n) is 20.1. The summed E-state index contributed by atoms with van der Waals surface area (Å²) in [6.07, 6.45) is 1.41. The molecular weight excluding hydrogens is 394 g/mol. The minimum absolute atomic E-state index is 0.184. The fourth-order valence-corrected chi connectivity index (χ4v) is 3.81. The topological polar surface area (TPSA) is 30.5 Å². The van der Waals surface area contributed by atoms with Gasteiger partial charge in [-0.15, -0.1) is 0 Å². The molecule has 0 amide bonds. The standard InChI is InChI=1S/C29H37NO2/c1-21(2)31-27-14-8-24(9-15-27)20-30-19-18-29(25-10-6-23(5)7-11-25)26-12-16-28(17-13-26)32-22(3)4/h6-17,21-22,29-30H,18-20H2,1-5H3. The van der Waals surface area contributed by atoms with E-state index < -0.39 is 0 Å². The number of nitrogens with one attached hydrogen (secondary N) is 1. The van der Waals surface area contributed by atoms with Crippen molar-refractivity contribution in [3.05, 3.63) is 95.1 Å². The molecule has 0 aromatic heterocycles. The third-order valence-corrected chi connectivity index (χ3v) is 5.37. The quantitative estimate of drug-likeness (QED) is 0.336. The van der Waals surface area contributed by atoms with Gasteiger partial charge in [-0.05, 0) is 88.5 Å². The van der Waals surface area contributed by atoms with Gasteiger partial charge in [0.1, 0.15) is 11.5 Å². The lowest BCUT2D eigenvalue weighted by atomic mass is 9.88. The molecule has 3 nitrogen and oxygen atoms in total. The van der Waals surface area contributed by atoms with Crippen LogP contribution in [0.3, 0.4) is 0 Å². The number of rotatable bonds is 11. The van der Waals surface area contributed by atoms with Crippen molar-refractivity contribution in [1.82, 2.24) is 5.32 Å². The second-order valence-corrected chi connectivity index (χ2v) is 8.97. The van der Waals surface area contributed by atoms with Gasteiger partial charge in [0.25, 0.3) is 0 Å². The SMILES string of the molecule is Cc1ccc(C(CCNCc2ccc(OC(C)C)cc2)c2ccc(OC(C)C)cc2)cc1. The molecule has 3 aromatic carbocycles. The summed E-state index contributed by atoms with van der Waals surface area (Å²) in [5, 5.41) is 3.62. The van der Waals surface area contributed by atoms with E-state index in [0.717, 1.165) is 31.0 Å². The number of hydrogen-bond donors (Lipinski definition) is 1. The highest BCUT2D eigenvalue weighted by Crippen LogP contribution is 2.29. The molecule has 0 radical (unpaired) electrons. The van der Waals surface area contributed by atoms with E-state index in [2.05, 4.69) is 86.8 Å². The summed E-state index contributed by atoms with van der Waals surface area (Å²) in [4.78, 5) is 0. The highest BCUT2D eigenvalue weighted by molar-refractivity contribution is 5.37. The van der Waals surface area contributed by atoms with E-state index in [1.54, 1.807) is 0 Å². The van der Waals surface area contributed by atoms with E-state index in [0.29, 0.717) is 5.92 Å². The largest absolute Gasteiger partial charge is 0.491 e. The van der Waals surface area contributed by atoms with E-state index in [1.807, 2.05) is 26.0 Å². The van der Waals surface area contributed by atoms with E-state index >= 15 is 0 Å². The first-order valence-corrected chi connectivity index (χ1v) is 11.7. The van der Waals surface area contributed by atoms with Gasteiger partial charge < -0.3 is 14.8 Å². The molecular formula is C29H37NO2. The van der Waals surface area contributed by atoms with Crippen molar-refractivity contribution in [2.24, 2.45) is 0 Å². The fourth-order valence-electron chi connectivity index (χ4n) is 3.81. The van der Waals surface area contributed by atoms with Crippen LogP contribution in [-0.4, -0.2) is 18.8 Å². The van der Waals surface area contributed by atoms with Crippen molar-refractivity contribution in [2.45, 2.75) is 65.7 Å². The molecule has 3 rings (SSSR count). The monoisotopic (exact) mass is 431 g/mol. The van der Waals surface area contributed by atoms with E-state index in [-0.39, 0.29) is 12.2 Å². The van der Waals surface area contributed by atoms with Crippen LogP contribution in [-0.2, 0) is 6.54 Å². The van der Waals surface area contributed by atoms with Crippen LogP contribution in [0.2, 0.25) is 0 Å². The van der Waals surface area contributed by atoms with Crippen molar-refractivity contribution >= 4 is 0 Å². The van der Waals surface area contributed by atoms with Crippen molar-refractivity contribution in [3.8, 4) is 11.5 Å². The molecule has 0 saturated heterocycles. The summed E-state index contributed by atoms with van der Waals surface area (Å²) in [6, 6.07) is 25.9. The van der Waals surface area contributed by atoms with Gasteiger partial charge in [0.05, 0.1) is 12.2 Å². The summed E-state index contributed by atoms with van der Waals surface area (Å²) in [5.41, 5.74) is 5.23. The Morgan fingerprint density at radius 3 is 1.62 bits per heavy atom. The van der Waals surface area contributed by atoms with Crippen molar-refractivity contribution in [2.75, 3.05) is 6.54 Å². The fraction of sp³-hybridized carbons (Fsp3) is 0.379. The second kappa shape index (κ2) is 11.7. The summed E-state index contributed by atoms with van der Waals surface area (Å²) in [7, 11) is 0. The van der Waals surface area contributed by atoms with Gasteiger partial charge in [-0.2, -0.15) is 0 Å². The number of benzene rings is 3. The molecule has 0 fully saturated rings. The van der Waals surface area contributed by atoms with Gasteiger partial charge in [-0.25, -0.2) is 0 Å². The highest BCUT2D eigenvalue weighted by Gasteiger charge is 2.14. The molecule has 1 unspecified atom stereocenters. The summed E-state index contributed by atoms with van der Waals surface area (Å²) < 4.78 is 11.6. The molecule has 0 aliphatic carbocycles. The van der Waals surface area contributed by atoms with Crippen molar-refractivity contribution < 1.29 is 9.47 Å².